The lowest BCUT2D eigenvalue weighted by atomic mass is 10.2. The number of benzene rings is 2. The van der Waals surface area contributed by atoms with Crippen molar-refractivity contribution in [3.63, 3.8) is 0 Å². The summed E-state index contributed by atoms with van der Waals surface area (Å²) in [7, 11) is 0. The molecule has 1 atom stereocenters. The zero-order chi connectivity index (χ0) is 15.9. The second-order valence-electron chi connectivity index (χ2n) is 4.65. The molecule has 0 radical (unpaired) electrons. The van der Waals surface area contributed by atoms with Gasteiger partial charge in [0.15, 0.2) is 0 Å². The Morgan fingerprint density at radius 3 is 2.73 bits per heavy atom. The van der Waals surface area contributed by atoms with E-state index >= 15 is 0 Å². The van der Waals surface area contributed by atoms with Crippen LogP contribution in [-0.4, -0.2) is 35.4 Å². The molecule has 0 saturated heterocycles. The lowest BCUT2D eigenvalue weighted by Crippen LogP contribution is -2.35. The van der Waals surface area contributed by atoms with E-state index in [-0.39, 0.29) is 24.5 Å². The number of aromatic hydroxyl groups is 1. The van der Waals surface area contributed by atoms with Crippen LogP contribution in [0.2, 0.25) is 0 Å². The predicted molar refractivity (Wildman–Crippen MR) is 78.3 cm³/mol. The molecular weight excluding hydrogens is 289 g/mol. The van der Waals surface area contributed by atoms with Gasteiger partial charge in [-0.2, -0.15) is 0 Å². The number of aliphatic hydroxyl groups excluding tert-OH is 1. The average molecular weight is 305 g/mol. The van der Waals surface area contributed by atoms with Crippen LogP contribution in [0.3, 0.4) is 0 Å². The van der Waals surface area contributed by atoms with Crippen molar-refractivity contribution in [2.45, 2.75) is 6.10 Å². The number of halogens is 1. The van der Waals surface area contributed by atoms with E-state index in [2.05, 4.69) is 5.32 Å². The third-order valence-electron chi connectivity index (χ3n) is 2.89. The summed E-state index contributed by atoms with van der Waals surface area (Å²) in [5, 5.41) is 21.8. The SMILES string of the molecule is O=C(NC[C@H](O)COc1cccc(F)c1)c1ccccc1O. The van der Waals surface area contributed by atoms with Crippen molar-refractivity contribution < 1.29 is 24.1 Å². The zero-order valence-electron chi connectivity index (χ0n) is 11.7. The van der Waals surface area contributed by atoms with E-state index in [1.165, 1.54) is 30.3 Å². The van der Waals surface area contributed by atoms with Gasteiger partial charge in [-0.25, -0.2) is 4.39 Å². The highest BCUT2D eigenvalue weighted by molar-refractivity contribution is 5.96. The number of ether oxygens (including phenoxy) is 1. The molecule has 6 heteroatoms. The van der Waals surface area contributed by atoms with Gasteiger partial charge in [0.25, 0.3) is 5.91 Å². The van der Waals surface area contributed by atoms with Gasteiger partial charge in [0.05, 0.1) is 5.56 Å². The first-order valence-corrected chi connectivity index (χ1v) is 6.69. The molecule has 0 aliphatic heterocycles. The average Bonchev–Trinajstić information content (AvgIpc) is 2.51. The molecule has 2 rings (SSSR count). The second kappa shape index (κ2) is 7.42. The molecule has 0 heterocycles. The summed E-state index contributed by atoms with van der Waals surface area (Å²) in [4.78, 5) is 11.8. The first kappa shape index (κ1) is 15.8. The Hall–Kier alpha value is -2.60. The number of carbonyl (C=O) groups excluding carboxylic acids is 1. The van der Waals surface area contributed by atoms with Crippen LogP contribution in [0.1, 0.15) is 10.4 Å². The van der Waals surface area contributed by atoms with E-state index in [1.54, 1.807) is 18.2 Å². The molecule has 0 aliphatic rings. The third-order valence-corrected chi connectivity index (χ3v) is 2.89. The molecule has 0 unspecified atom stereocenters. The molecule has 2 aromatic rings. The van der Waals surface area contributed by atoms with E-state index in [9.17, 15) is 19.4 Å². The van der Waals surface area contributed by atoms with Crippen molar-refractivity contribution in [1.82, 2.24) is 5.32 Å². The third kappa shape index (κ3) is 4.46. The summed E-state index contributed by atoms with van der Waals surface area (Å²) in [5.74, 6) is -0.765. The first-order valence-electron chi connectivity index (χ1n) is 6.69. The van der Waals surface area contributed by atoms with E-state index in [1.807, 2.05) is 0 Å². The maximum absolute atomic E-state index is 12.9. The maximum Gasteiger partial charge on any atom is 0.255 e. The monoisotopic (exact) mass is 305 g/mol. The van der Waals surface area contributed by atoms with Crippen LogP contribution in [0.15, 0.2) is 48.5 Å². The van der Waals surface area contributed by atoms with E-state index < -0.39 is 17.8 Å². The van der Waals surface area contributed by atoms with Gasteiger partial charge in [-0.05, 0) is 24.3 Å². The second-order valence-corrected chi connectivity index (χ2v) is 4.65. The highest BCUT2D eigenvalue weighted by atomic mass is 19.1. The largest absolute Gasteiger partial charge is 0.507 e. The number of amides is 1. The van der Waals surface area contributed by atoms with Gasteiger partial charge in [0.1, 0.15) is 30.0 Å². The number of rotatable bonds is 6. The molecule has 0 aliphatic carbocycles. The molecule has 0 saturated carbocycles. The lowest BCUT2D eigenvalue weighted by Gasteiger charge is -2.13. The van der Waals surface area contributed by atoms with Crippen molar-refractivity contribution in [3.8, 4) is 11.5 Å². The highest BCUT2D eigenvalue weighted by Crippen LogP contribution is 2.15. The number of para-hydroxylation sites is 1. The van der Waals surface area contributed by atoms with Gasteiger partial charge in [0.2, 0.25) is 0 Å². The minimum atomic E-state index is -0.960. The molecular formula is C16H16FNO4. The van der Waals surface area contributed by atoms with Crippen molar-refractivity contribution >= 4 is 5.91 Å². The predicted octanol–water partition coefficient (Wildman–Crippen LogP) is 1.70. The smallest absolute Gasteiger partial charge is 0.255 e. The summed E-state index contributed by atoms with van der Waals surface area (Å²) in [5.41, 5.74) is 0.126. The van der Waals surface area contributed by atoms with Crippen LogP contribution in [0.4, 0.5) is 4.39 Å². The van der Waals surface area contributed by atoms with Crippen LogP contribution in [0.5, 0.6) is 11.5 Å². The Labute approximate surface area is 127 Å². The van der Waals surface area contributed by atoms with Crippen molar-refractivity contribution in [2.24, 2.45) is 0 Å². The van der Waals surface area contributed by atoms with Gasteiger partial charge < -0.3 is 20.3 Å². The summed E-state index contributed by atoms with van der Waals surface area (Å²) in [6.07, 6.45) is -0.960. The number of aliphatic hydroxyl groups is 1. The number of hydrogen-bond donors (Lipinski definition) is 3. The molecule has 3 N–H and O–H groups in total. The molecule has 0 bridgehead atoms. The number of nitrogens with one attached hydrogen (secondary N) is 1. The van der Waals surface area contributed by atoms with Gasteiger partial charge in [-0.1, -0.05) is 18.2 Å². The van der Waals surface area contributed by atoms with Crippen LogP contribution in [0, 0.1) is 5.82 Å². The molecule has 22 heavy (non-hydrogen) atoms. The van der Waals surface area contributed by atoms with Gasteiger partial charge >= 0.3 is 0 Å². The normalized spacial score (nSPS) is 11.7. The Morgan fingerprint density at radius 2 is 2.00 bits per heavy atom. The molecule has 2 aromatic carbocycles. The van der Waals surface area contributed by atoms with E-state index in [4.69, 9.17) is 4.74 Å². The van der Waals surface area contributed by atoms with E-state index in [0.29, 0.717) is 5.75 Å². The van der Waals surface area contributed by atoms with E-state index in [0.717, 1.165) is 0 Å². The Bertz CT molecular complexity index is 648. The van der Waals surface area contributed by atoms with Gasteiger partial charge in [-0.15, -0.1) is 0 Å². The van der Waals surface area contributed by atoms with Crippen molar-refractivity contribution in [2.75, 3.05) is 13.2 Å². The zero-order valence-corrected chi connectivity index (χ0v) is 11.7. The van der Waals surface area contributed by atoms with Crippen LogP contribution < -0.4 is 10.1 Å². The Balaban J connectivity index is 1.79. The summed E-state index contributed by atoms with van der Waals surface area (Å²) < 4.78 is 18.2. The topological polar surface area (TPSA) is 78.8 Å². The molecule has 0 fully saturated rings. The fourth-order valence-corrected chi connectivity index (χ4v) is 1.78. The summed E-state index contributed by atoms with van der Waals surface area (Å²) >= 11 is 0. The molecule has 116 valence electrons. The number of phenols is 1. The van der Waals surface area contributed by atoms with Crippen LogP contribution >= 0.6 is 0 Å². The highest BCUT2D eigenvalue weighted by Gasteiger charge is 2.12. The Kier molecular flexibility index (Phi) is 5.32. The van der Waals surface area contributed by atoms with Crippen LogP contribution in [-0.2, 0) is 0 Å². The van der Waals surface area contributed by atoms with Gasteiger partial charge in [0, 0.05) is 12.6 Å². The minimum Gasteiger partial charge on any atom is -0.507 e. The molecule has 0 spiro atoms. The van der Waals surface area contributed by atoms with Crippen molar-refractivity contribution in [1.29, 1.82) is 0 Å². The fraction of sp³-hybridized carbons (Fsp3) is 0.188. The number of hydrogen-bond acceptors (Lipinski definition) is 4. The molecule has 0 aromatic heterocycles. The molecule has 1 amide bonds. The van der Waals surface area contributed by atoms with Crippen LogP contribution in [0.25, 0.3) is 0 Å². The lowest BCUT2D eigenvalue weighted by molar-refractivity contribution is 0.0841. The standard InChI is InChI=1S/C16H16FNO4/c17-11-4-3-5-13(8-11)22-10-12(19)9-18-16(21)14-6-1-2-7-15(14)20/h1-8,12,19-20H,9-10H2,(H,18,21)/t12-/m0/s1. The number of phenolic OH excluding ortho intramolecular Hbond substituents is 1. The maximum atomic E-state index is 12.9. The first-order chi connectivity index (χ1) is 10.6. The van der Waals surface area contributed by atoms with Gasteiger partial charge in [-0.3, -0.25) is 4.79 Å². The fourth-order valence-electron chi connectivity index (χ4n) is 1.78. The molecule has 5 nitrogen and oxygen atoms in total. The Morgan fingerprint density at radius 1 is 1.23 bits per heavy atom. The number of carbonyl (C=O) groups is 1. The summed E-state index contributed by atoms with van der Waals surface area (Å²) in [6, 6.07) is 11.7. The quantitative estimate of drug-likeness (QED) is 0.759. The van der Waals surface area contributed by atoms with Crippen molar-refractivity contribution in [3.05, 3.63) is 59.9 Å². The minimum absolute atomic E-state index is 0.0531. The summed E-state index contributed by atoms with van der Waals surface area (Å²) in [6.45, 7) is -0.146.